The summed E-state index contributed by atoms with van der Waals surface area (Å²) in [6, 6.07) is 8.23. The Hall–Kier alpha value is -1.35. The van der Waals surface area contributed by atoms with Gasteiger partial charge >= 0.3 is 0 Å². The molecule has 0 heterocycles. The highest BCUT2D eigenvalue weighted by atomic mass is 16.2. The Morgan fingerprint density at radius 3 is 2.76 bits per heavy atom. The first-order chi connectivity index (χ1) is 8.08. The normalized spacial score (nSPS) is 23.7. The van der Waals surface area contributed by atoms with Crippen LogP contribution in [0.15, 0.2) is 24.3 Å². The summed E-state index contributed by atoms with van der Waals surface area (Å²) in [7, 11) is 1.85. The number of carbonyl (C=O) groups excluding carboxylic acids is 1. The van der Waals surface area contributed by atoms with Gasteiger partial charge in [0.05, 0.1) is 0 Å². The zero-order valence-corrected chi connectivity index (χ0v) is 10.5. The van der Waals surface area contributed by atoms with E-state index in [-0.39, 0.29) is 17.9 Å². The lowest BCUT2D eigenvalue weighted by atomic mass is 10.1. The summed E-state index contributed by atoms with van der Waals surface area (Å²) >= 11 is 0. The molecule has 2 N–H and O–H groups in total. The van der Waals surface area contributed by atoms with E-state index < -0.39 is 0 Å². The molecule has 0 saturated heterocycles. The molecule has 1 saturated carbocycles. The van der Waals surface area contributed by atoms with Crippen molar-refractivity contribution in [3.8, 4) is 0 Å². The molecule has 0 aliphatic heterocycles. The highest BCUT2D eigenvalue weighted by molar-refractivity contribution is 5.94. The third kappa shape index (κ3) is 2.67. The van der Waals surface area contributed by atoms with E-state index in [9.17, 15) is 4.79 Å². The van der Waals surface area contributed by atoms with Crippen LogP contribution in [0, 0.1) is 12.8 Å². The van der Waals surface area contributed by atoms with Crippen molar-refractivity contribution in [1.29, 1.82) is 0 Å². The first kappa shape index (κ1) is 12.1. The molecule has 0 radical (unpaired) electrons. The van der Waals surface area contributed by atoms with E-state index in [2.05, 4.69) is 0 Å². The minimum absolute atomic E-state index is 0.107. The second-order valence-corrected chi connectivity index (χ2v) is 5.01. The van der Waals surface area contributed by atoms with Crippen molar-refractivity contribution >= 4 is 11.6 Å². The van der Waals surface area contributed by atoms with Gasteiger partial charge in [-0.05, 0) is 43.9 Å². The molecule has 17 heavy (non-hydrogen) atoms. The van der Waals surface area contributed by atoms with Gasteiger partial charge in [0.2, 0.25) is 5.91 Å². The number of nitrogens with zero attached hydrogens (tertiary/aromatic N) is 1. The van der Waals surface area contributed by atoms with E-state index in [1.54, 1.807) is 4.90 Å². The van der Waals surface area contributed by atoms with Crippen molar-refractivity contribution < 1.29 is 4.79 Å². The lowest BCUT2D eigenvalue weighted by molar-refractivity contribution is -0.121. The summed E-state index contributed by atoms with van der Waals surface area (Å²) in [5, 5.41) is 0. The van der Waals surface area contributed by atoms with E-state index >= 15 is 0 Å². The maximum absolute atomic E-state index is 12.3. The summed E-state index contributed by atoms with van der Waals surface area (Å²) in [6.45, 7) is 2.04. The van der Waals surface area contributed by atoms with Gasteiger partial charge in [0.15, 0.2) is 0 Å². The predicted molar refractivity (Wildman–Crippen MR) is 69.9 cm³/mol. The number of anilines is 1. The maximum Gasteiger partial charge on any atom is 0.229 e. The molecular weight excluding hydrogens is 212 g/mol. The number of nitrogens with two attached hydrogens (primary N) is 1. The van der Waals surface area contributed by atoms with Crippen LogP contribution >= 0.6 is 0 Å². The topological polar surface area (TPSA) is 46.3 Å². The number of benzene rings is 1. The van der Waals surface area contributed by atoms with Crippen LogP contribution in [0.2, 0.25) is 0 Å². The first-order valence-corrected chi connectivity index (χ1v) is 6.17. The standard InChI is InChI=1S/C14H20N2O/c1-10-4-3-5-13(8-10)16(2)14(17)11-6-7-12(15)9-11/h3-5,8,11-12H,6-7,9,15H2,1-2H3. The second kappa shape index (κ2) is 4.88. The number of rotatable bonds is 2. The Balaban J connectivity index is 2.09. The Morgan fingerprint density at radius 1 is 1.41 bits per heavy atom. The minimum Gasteiger partial charge on any atom is -0.328 e. The van der Waals surface area contributed by atoms with Gasteiger partial charge in [-0.15, -0.1) is 0 Å². The van der Waals surface area contributed by atoms with Crippen molar-refractivity contribution in [1.82, 2.24) is 0 Å². The largest absolute Gasteiger partial charge is 0.328 e. The Labute approximate surface area is 103 Å². The van der Waals surface area contributed by atoms with E-state index in [1.807, 2.05) is 38.2 Å². The Morgan fingerprint density at radius 2 is 2.18 bits per heavy atom. The van der Waals surface area contributed by atoms with E-state index in [1.165, 1.54) is 5.56 Å². The summed E-state index contributed by atoms with van der Waals surface area (Å²) in [5.74, 6) is 0.305. The summed E-state index contributed by atoms with van der Waals surface area (Å²) < 4.78 is 0. The van der Waals surface area contributed by atoms with Gasteiger partial charge < -0.3 is 10.6 Å². The van der Waals surface area contributed by atoms with Crippen molar-refractivity contribution in [3.63, 3.8) is 0 Å². The van der Waals surface area contributed by atoms with Crippen LogP contribution in [-0.4, -0.2) is 19.0 Å². The predicted octanol–water partition coefficient (Wildman–Crippen LogP) is 2.09. The number of aryl methyl sites for hydroxylation is 1. The molecule has 0 aromatic heterocycles. The van der Waals surface area contributed by atoms with Gasteiger partial charge in [-0.2, -0.15) is 0 Å². The van der Waals surface area contributed by atoms with Gasteiger partial charge in [-0.25, -0.2) is 0 Å². The van der Waals surface area contributed by atoms with Crippen LogP contribution in [0.25, 0.3) is 0 Å². The van der Waals surface area contributed by atoms with Gasteiger partial charge in [0, 0.05) is 24.7 Å². The molecule has 92 valence electrons. The fraction of sp³-hybridized carbons (Fsp3) is 0.500. The average Bonchev–Trinajstić information content (AvgIpc) is 2.74. The van der Waals surface area contributed by atoms with Crippen LogP contribution in [0.5, 0.6) is 0 Å². The van der Waals surface area contributed by atoms with Crippen LogP contribution in [-0.2, 0) is 4.79 Å². The van der Waals surface area contributed by atoms with Crippen LogP contribution < -0.4 is 10.6 Å². The lowest BCUT2D eigenvalue weighted by Crippen LogP contribution is -2.32. The van der Waals surface area contributed by atoms with Crippen molar-refractivity contribution in [2.45, 2.75) is 32.2 Å². The molecular formula is C14H20N2O. The number of hydrogen-bond donors (Lipinski definition) is 1. The molecule has 3 nitrogen and oxygen atoms in total. The number of carbonyl (C=O) groups is 1. The van der Waals surface area contributed by atoms with Gasteiger partial charge in [0.1, 0.15) is 0 Å². The monoisotopic (exact) mass is 232 g/mol. The smallest absolute Gasteiger partial charge is 0.229 e. The van der Waals surface area contributed by atoms with E-state index in [4.69, 9.17) is 5.73 Å². The van der Waals surface area contributed by atoms with Crippen molar-refractivity contribution in [3.05, 3.63) is 29.8 Å². The molecule has 3 heteroatoms. The molecule has 1 aliphatic carbocycles. The lowest BCUT2D eigenvalue weighted by Gasteiger charge is -2.21. The van der Waals surface area contributed by atoms with Crippen molar-refractivity contribution in [2.75, 3.05) is 11.9 Å². The maximum atomic E-state index is 12.3. The molecule has 1 aromatic carbocycles. The zero-order valence-electron chi connectivity index (χ0n) is 10.5. The molecule has 0 spiro atoms. The molecule has 1 amide bonds. The van der Waals surface area contributed by atoms with Crippen LogP contribution in [0.4, 0.5) is 5.69 Å². The summed E-state index contributed by atoms with van der Waals surface area (Å²) in [5.41, 5.74) is 7.99. The summed E-state index contributed by atoms with van der Waals surface area (Å²) in [6.07, 6.45) is 2.73. The molecule has 0 bridgehead atoms. The number of amides is 1. The quantitative estimate of drug-likeness (QED) is 0.848. The molecule has 1 aliphatic rings. The van der Waals surface area contributed by atoms with Crippen molar-refractivity contribution in [2.24, 2.45) is 11.7 Å². The number of hydrogen-bond acceptors (Lipinski definition) is 2. The van der Waals surface area contributed by atoms with Crippen LogP contribution in [0.3, 0.4) is 0 Å². The zero-order chi connectivity index (χ0) is 12.4. The fourth-order valence-electron chi connectivity index (χ4n) is 2.48. The molecule has 2 atom stereocenters. The molecule has 2 unspecified atom stereocenters. The highest BCUT2D eigenvalue weighted by Gasteiger charge is 2.30. The first-order valence-electron chi connectivity index (χ1n) is 6.17. The average molecular weight is 232 g/mol. The highest BCUT2D eigenvalue weighted by Crippen LogP contribution is 2.27. The third-order valence-corrected chi connectivity index (χ3v) is 3.54. The molecule has 1 fully saturated rings. The Kier molecular flexibility index (Phi) is 3.48. The fourth-order valence-corrected chi connectivity index (χ4v) is 2.48. The van der Waals surface area contributed by atoms with Gasteiger partial charge in [-0.3, -0.25) is 4.79 Å². The van der Waals surface area contributed by atoms with Gasteiger partial charge in [0.25, 0.3) is 0 Å². The molecule has 1 aromatic rings. The van der Waals surface area contributed by atoms with E-state index in [0.29, 0.717) is 0 Å². The minimum atomic E-state index is 0.107. The van der Waals surface area contributed by atoms with E-state index in [0.717, 1.165) is 24.9 Å². The Bertz CT molecular complexity index is 416. The summed E-state index contributed by atoms with van der Waals surface area (Å²) in [4.78, 5) is 14.0. The van der Waals surface area contributed by atoms with Gasteiger partial charge in [-0.1, -0.05) is 12.1 Å². The second-order valence-electron chi connectivity index (χ2n) is 5.01. The van der Waals surface area contributed by atoms with Crippen LogP contribution in [0.1, 0.15) is 24.8 Å². The SMILES string of the molecule is Cc1cccc(N(C)C(=O)C2CCC(N)C2)c1. The molecule has 2 rings (SSSR count). The third-order valence-electron chi connectivity index (χ3n) is 3.54.